The third-order valence-electron chi connectivity index (χ3n) is 5.25. The van der Waals surface area contributed by atoms with Gasteiger partial charge < -0.3 is 14.6 Å². The molecule has 0 bridgehead atoms. The first-order chi connectivity index (χ1) is 14.2. The SMILES string of the molecule is CCOc1cccc2c1O[C@@H](c1ccncc1)N1N=C(c3cccc(O)c3)C[C@@H]21. The zero-order valence-electron chi connectivity index (χ0n) is 16.0. The molecule has 0 unspecified atom stereocenters. The minimum Gasteiger partial charge on any atom is -0.508 e. The van der Waals surface area contributed by atoms with Gasteiger partial charge in [-0.3, -0.25) is 4.98 Å². The van der Waals surface area contributed by atoms with Gasteiger partial charge in [-0.15, -0.1) is 0 Å². The highest BCUT2D eigenvalue weighted by atomic mass is 16.5. The van der Waals surface area contributed by atoms with Gasteiger partial charge >= 0.3 is 0 Å². The van der Waals surface area contributed by atoms with Gasteiger partial charge in [-0.25, -0.2) is 5.01 Å². The fourth-order valence-electron chi connectivity index (χ4n) is 3.96. The minimum absolute atomic E-state index is 0.0228. The summed E-state index contributed by atoms with van der Waals surface area (Å²) in [5.74, 6) is 1.75. The van der Waals surface area contributed by atoms with Crippen LogP contribution < -0.4 is 9.47 Å². The van der Waals surface area contributed by atoms with Crippen molar-refractivity contribution in [3.8, 4) is 17.2 Å². The Hall–Kier alpha value is -3.54. The Morgan fingerprint density at radius 1 is 1.14 bits per heavy atom. The van der Waals surface area contributed by atoms with Crippen LogP contribution >= 0.6 is 0 Å². The zero-order valence-corrected chi connectivity index (χ0v) is 16.0. The highest BCUT2D eigenvalue weighted by Crippen LogP contribution is 2.50. The fraction of sp³-hybridized carbons (Fsp3) is 0.217. The van der Waals surface area contributed by atoms with Crippen LogP contribution in [0.5, 0.6) is 17.2 Å². The normalized spacial score (nSPS) is 19.8. The van der Waals surface area contributed by atoms with Gasteiger partial charge in [0, 0.05) is 35.5 Å². The molecule has 1 N–H and O–H groups in total. The number of fused-ring (bicyclic) bond motifs is 3. The molecule has 0 saturated carbocycles. The molecule has 0 fully saturated rings. The molecule has 146 valence electrons. The molecule has 2 aromatic carbocycles. The maximum Gasteiger partial charge on any atom is 0.214 e. The van der Waals surface area contributed by atoms with Crippen molar-refractivity contribution < 1.29 is 14.6 Å². The average molecular weight is 387 g/mol. The molecule has 0 amide bonds. The molecule has 6 nitrogen and oxygen atoms in total. The smallest absolute Gasteiger partial charge is 0.214 e. The van der Waals surface area contributed by atoms with Gasteiger partial charge in [0.15, 0.2) is 11.5 Å². The maximum absolute atomic E-state index is 9.90. The Morgan fingerprint density at radius 3 is 2.76 bits per heavy atom. The molecule has 0 spiro atoms. The van der Waals surface area contributed by atoms with Gasteiger partial charge in [0.2, 0.25) is 6.23 Å². The fourth-order valence-corrected chi connectivity index (χ4v) is 3.96. The second-order valence-corrected chi connectivity index (χ2v) is 7.06. The summed E-state index contributed by atoms with van der Waals surface area (Å²) in [7, 11) is 0. The van der Waals surface area contributed by atoms with Crippen molar-refractivity contribution in [3.05, 3.63) is 83.7 Å². The first-order valence-electron chi connectivity index (χ1n) is 9.72. The van der Waals surface area contributed by atoms with Crippen molar-refractivity contribution in [2.75, 3.05) is 6.61 Å². The monoisotopic (exact) mass is 387 g/mol. The first kappa shape index (κ1) is 17.6. The van der Waals surface area contributed by atoms with Gasteiger partial charge in [-0.1, -0.05) is 24.3 Å². The number of hydrogen-bond donors (Lipinski definition) is 1. The van der Waals surface area contributed by atoms with E-state index in [0.717, 1.165) is 40.3 Å². The number of aromatic nitrogens is 1. The molecule has 3 heterocycles. The second kappa shape index (κ2) is 7.13. The molecule has 5 rings (SSSR count). The lowest BCUT2D eigenvalue weighted by Gasteiger charge is -2.38. The summed E-state index contributed by atoms with van der Waals surface area (Å²) in [5, 5.41) is 16.8. The van der Waals surface area contributed by atoms with Crippen LogP contribution in [0.4, 0.5) is 0 Å². The molecule has 6 heteroatoms. The molecule has 29 heavy (non-hydrogen) atoms. The predicted octanol–water partition coefficient (Wildman–Crippen LogP) is 4.43. The van der Waals surface area contributed by atoms with E-state index < -0.39 is 0 Å². The second-order valence-electron chi connectivity index (χ2n) is 7.06. The molecule has 2 atom stereocenters. The molecule has 3 aromatic rings. The first-order valence-corrected chi connectivity index (χ1v) is 9.72. The van der Waals surface area contributed by atoms with Crippen LogP contribution in [0.15, 0.2) is 72.1 Å². The van der Waals surface area contributed by atoms with Crippen molar-refractivity contribution in [2.24, 2.45) is 5.10 Å². The number of ether oxygens (including phenoxy) is 2. The van der Waals surface area contributed by atoms with Gasteiger partial charge in [0.1, 0.15) is 5.75 Å². The van der Waals surface area contributed by atoms with E-state index >= 15 is 0 Å². The molecule has 2 aliphatic heterocycles. The molecular weight excluding hydrogens is 366 g/mol. The standard InChI is InChI=1S/C23H21N3O3/c1-2-28-21-8-4-7-18-20-14-19(16-5-3-6-17(27)13-16)25-26(20)23(29-22(18)21)15-9-11-24-12-10-15/h3-13,20,23,27H,2,14H2,1H3/t20-,23-/m0/s1. The maximum atomic E-state index is 9.90. The lowest BCUT2D eigenvalue weighted by molar-refractivity contribution is -0.0212. The van der Waals surface area contributed by atoms with Crippen molar-refractivity contribution in [1.82, 2.24) is 9.99 Å². The molecule has 0 saturated heterocycles. The lowest BCUT2D eigenvalue weighted by atomic mass is 9.95. The number of hydrazone groups is 1. The topological polar surface area (TPSA) is 67.2 Å². The Labute approximate surface area is 169 Å². The number of pyridine rings is 1. The van der Waals surface area contributed by atoms with E-state index in [1.54, 1.807) is 24.5 Å². The summed E-state index contributed by atoms with van der Waals surface area (Å²) in [6.45, 7) is 2.53. The van der Waals surface area contributed by atoms with E-state index in [-0.39, 0.29) is 18.0 Å². The summed E-state index contributed by atoms with van der Waals surface area (Å²) >= 11 is 0. The van der Waals surface area contributed by atoms with E-state index in [9.17, 15) is 5.11 Å². The van der Waals surface area contributed by atoms with E-state index in [0.29, 0.717) is 6.61 Å². The minimum atomic E-state index is -0.382. The molecule has 1 aromatic heterocycles. The number of para-hydroxylation sites is 1. The van der Waals surface area contributed by atoms with E-state index in [1.165, 1.54) is 0 Å². The molecule has 0 aliphatic carbocycles. The van der Waals surface area contributed by atoms with Crippen LogP contribution in [-0.4, -0.2) is 27.4 Å². The van der Waals surface area contributed by atoms with E-state index in [4.69, 9.17) is 14.6 Å². The number of aromatic hydroxyl groups is 1. The Morgan fingerprint density at radius 2 is 1.97 bits per heavy atom. The Balaban J connectivity index is 1.61. The summed E-state index contributed by atoms with van der Waals surface area (Å²) in [6.07, 6.45) is 3.85. The predicted molar refractivity (Wildman–Crippen MR) is 109 cm³/mol. The van der Waals surface area contributed by atoms with Crippen LogP contribution in [0.2, 0.25) is 0 Å². The van der Waals surface area contributed by atoms with Crippen LogP contribution in [0.3, 0.4) is 0 Å². The van der Waals surface area contributed by atoms with Crippen LogP contribution in [0.1, 0.15) is 42.3 Å². The van der Waals surface area contributed by atoms with Crippen LogP contribution in [-0.2, 0) is 0 Å². The lowest BCUT2D eigenvalue weighted by Crippen LogP contribution is -2.33. The number of rotatable bonds is 4. The highest BCUT2D eigenvalue weighted by Gasteiger charge is 2.42. The number of benzene rings is 2. The molecule has 2 aliphatic rings. The van der Waals surface area contributed by atoms with Gasteiger partial charge in [-0.05, 0) is 37.3 Å². The van der Waals surface area contributed by atoms with Crippen molar-refractivity contribution in [2.45, 2.75) is 25.6 Å². The van der Waals surface area contributed by atoms with Gasteiger partial charge in [0.25, 0.3) is 0 Å². The Bertz CT molecular complexity index is 1070. The Kier molecular flexibility index (Phi) is 4.31. The zero-order chi connectivity index (χ0) is 19.8. The van der Waals surface area contributed by atoms with Crippen molar-refractivity contribution >= 4 is 5.71 Å². The summed E-state index contributed by atoms with van der Waals surface area (Å²) < 4.78 is 12.3. The van der Waals surface area contributed by atoms with Crippen LogP contribution in [0.25, 0.3) is 0 Å². The van der Waals surface area contributed by atoms with Crippen molar-refractivity contribution in [1.29, 1.82) is 0 Å². The summed E-state index contributed by atoms with van der Waals surface area (Å²) in [5.41, 5.74) is 3.86. The highest BCUT2D eigenvalue weighted by molar-refractivity contribution is 6.02. The number of phenols is 1. The van der Waals surface area contributed by atoms with E-state index in [2.05, 4.69) is 11.1 Å². The summed E-state index contributed by atoms with van der Waals surface area (Å²) in [4.78, 5) is 4.13. The van der Waals surface area contributed by atoms with Crippen molar-refractivity contribution in [3.63, 3.8) is 0 Å². The number of phenolic OH excluding ortho intramolecular Hbond substituents is 1. The number of hydrogen-bond acceptors (Lipinski definition) is 6. The van der Waals surface area contributed by atoms with Gasteiger partial charge in [-0.2, -0.15) is 5.10 Å². The average Bonchev–Trinajstić information content (AvgIpc) is 3.20. The summed E-state index contributed by atoms with van der Waals surface area (Å²) in [6, 6.07) is 17.1. The molecular formula is C23H21N3O3. The molecule has 0 radical (unpaired) electrons. The van der Waals surface area contributed by atoms with Crippen LogP contribution in [0, 0.1) is 0 Å². The number of nitrogens with zero attached hydrogens (tertiary/aromatic N) is 3. The van der Waals surface area contributed by atoms with Gasteiger partial charge in [0.05, 0.1) is 18.4 Å². The quantitative estimate of drug-likeness (QED) is 0.717. The van der Waals surface area contributed by atoms with E-state index in [1.807, 2.05) is 48.3 Å². The third-order valence-corrected chi connectivity index (χ3v) is 5.25. The largest absolute Gasteiger partial charge is 0.508 e. The third kappa shape index (κ3) is 3.06.